The fourth-order valence-corrected chi connectivity index (χ4v) is 3.77. The van der Waals surface area contributed by atoms with E-state index in [9.17, 15) is 5.11 Å². The summed E-state index contributed by atoms with van der Waals surface area (Å²) >= 11 is 0. The van der Waals surface area contributed by atoms with E-state index in [1.807, 2.05) is 12.1 Å². The Morgan fingerprint density at radius 1 is 1.38 bits per heavy atom. The molecule has 1 aliphatic carbocycles. The average Bonchev–Trinajstić information content (AvgIpc) is 3.22. The molecular formula is C18H27NO2. The lowest BCUT2D eigenvalue weighted by atomic mass is 9.74. The van der Waals surface area contributed by atoms with Crippen molar-refractivity contribution in [1.29, 1.82) is 0 Å². The quantitative estimate of drug-likeness (QED) is 0.758. The molecule has 1 aromatic rings. The fraction of sp³-hybridized carbons (Fsp3) is 0.667. The highest BCUT2D eigenvalue weighted by atomic mass is 16.5. The molecule has 3 rings (SSSR count). The third-order valence-electron chi connectivity index (χ3n) is 4.92. The Hall–Kier alpha value is -1.06. The van der Waals surface area contributed by atoms with Crippen molar-refractivity contribution in [3.8, 4) is 5.75 Å². The molecule has 1 saturated heterocycles. The molecule has 0 bridgehead atoms. The highest BCUT2D eigenvalue weighted by molar-refractivity contribution is 5.28. The number of phenols is 1. The molecule has 0 aromatic heterocycles. The van der Waals surface area contributed by atoms with Gasteiger partial charge in [0.05, 0.1) is 6.10 Å². The summed E-state index contributed by atoms with van der Waals surface area (Å²) in [5.74, 6) is 1.12. The van der Waals surface area contributed by atoms with Crippen LogP contribution in [0.25, 0.3) is 0 Å². The third kappa shape index (κ3) is 3.41. The van der Waals surface area contributed by atoms with Gasteiger partial charge >= 0.3 is 0 Å². The molecule has 0 spiro atoms. The van der Waals surface area contributed by atoms with E-state index in [4.69, 9.17) is 4.74 Å². The van der Waals surface area contributed by atoms with Crippen LogP contribution in [0.15, 0.2) is 24.3 Å². The van der Waals surface area contributed by atoms with E-state index in [2.05, 4.69) is 18.3 Å². The standard InChI is InChI=1S/C18H27NO2/c1-2-9-19-13-18(8-10-21-17(18)15-6-7-15)12-14-4-3-5-16(20)11-14/h3-5,11,15,17,19-20H,2,6-10,12-13H2,1H3. The number of phenolic OH excluding ortho intramolecular Hbond substituents is 1. The van der Waals surface area contributed by atoms with Crippen LogP contribution >= 0.6 is 0 Å². The smallest absolute Gasteiger partial charge is 0.115 e. The SMILES string of the molecule is CCCNCC1(Cc2cccc(O)c2)CCOC1C1CC1. The summed E-state index contributed by atoms with van der Waals surface area (Å²) in [7, 11) is 0. The monoisotopic (exact) mass is 289 g/mol. The number of hydrogen-bond donors (Lipinski definition) is 2. The lowest BCUT2D eigenvalue weighted by molar-refractivity contribution is 0.0307. The van der Waals surface area contributed by atoms with Gasteiger partial charge < -0.3 is 15.2 Å². The van der Waals surface area contributed by atoms with Crippen LogP contribution in [-0.2, 0) is 11.2 Å². The van der Waals surface area contributed by atoms with Crippen LogP contribution < -0.4 is 5.32 Å². The first-order valence-electron chi connectivity index (χ1n) is 8.34. The van der Waals surface area contributed by atoms with Gasteiger partial charge in [0.25, 0.3) is 0 Å². The van der Waals surface area contributed by atoms with E-state index in [0.29, 0.717) is 11.9 Å². The van der Waals surface area contributed by atoms with Crippen LogP contribution in [0.3, 0.4) is 0 Å². The van der Waals surface area contributed by atoms with Crippen LogP contribution in [0, 0.1) is 11.3 Å². The van der Waals surface area contributed by atoms with Crippen molar-refractivity contribution < 1.29 is 9.84 Å². The first-order chi connectivity index (χ1) is 10.2. The maximum Gasteiger partial charge on any atom is 0.115 e. The van der Waals surface area contributed by atoms with Crippen LogP contribution in [0.4, 0.5) is 0 Å². The van der Waals surface area contributed by atoms with Gasteiger partial charge in [0, 0.05) is 18.6 Å². The summed E-state index contributed by atoms with van der Waals surface area (Å²) in [6.07, 6.45) is 6.32. The Balaban J connectivity index is 1.77. The summed E-state index contributed by atoms with van der Waals surface area (Å²) in [5.41, 5.74) is 1.42. The summed E-state index contributed by atoms with van der Waals surface area (Å²) < 4.78 is 6.12. The predicted octanol–water partition coefficient (Wildman–Crippen LogP) is 3.12. The Morgan fingerprint density at radius 3 is 2.95 bits per heavy atom. The topological polar surface area (TPSA) is 41.5 Å². The van der Waals surface area contributed by atoms with Crippen LogP contribution in [0.1, 0.15) is 38.2 Å². The minimum atomic E-state index is 0.199. The second-order valence-electron chi connectivity index (χ2n) is 6.76. The molecule has 2 aliphatic rings. The molecule has 1 heterocycles. The zero-order chi connectivity index (χ0) is 14.7. The van der Waals surface area contributed by atoms with E-state index < -0.39 is 0 Å². The molecule has 2 atom stereocenters. The van der Waals surface area contributed by atoms with Crippen molar-refractivity contribution in [3.63, 3.8) is 0 Å². The van der Waals surface area contributed by atoms with Gasteiger partial charge in [0.2, 0.25) is 0 Å². The van der Waals surface area contributed by atoms with Crippen LogP contribution in [-0.4, -0.2) is 30.9 Å². The predicted molar refractivity (Wildman–Crippen MR) is 84.5 cm³/mol. The number of ether oxygens (including phenoxy) is 1. The zero-order valence-corrected chi connectivity index (χ0v) is 13.0. The van der Waals surface area contributed by atoms with Gasteiger partial charge in [-0.25, -0.2) is 0 Å². The maximum atomic E-state index is 9.73. The van der Waals surface area contributed by atoms with Gasteiger partial charge in [-0.05, 0) is 62.3 Å². The highest BCUT2D eigenvalue weighted by Gasteiger charge is 2.50. The van der Waals surface area contributed by atoms with Crippen molar-refractivity contribution in [2.75, 3.05) is 19.7 Å². The molecule has 3 nitrogen and oxygen atoms in total. The van der Waals surface area contributed by atoms with Crippen LogP contribution in [0.5, 0.6) is 5.75 Å². The first-order valence-corrected chi connectivity index (χ1v) is 8.34. The first kappa shape index (κ1) is 14.9. The summed E-state index contributed by atoms with van der Waals surface area (Å²) in [6, 6.07) is 7.72. The molecule has 2 N–H and O–H groups in total. The molecule has 1 aromatic carbocycles. The second kappa shape index (κ2) is 6.37. The van der Waals surface area contributed by atoms with Gasteiger partial charge in [-0.3, -0.25) is 0 Å². The Bertz CT molecular complexity index is 472. The number of aromatic hydroxyl groups is 1. The normalized spacial score (nSPS) is 28.9. The second-order valence-corrected chi connectivity index (χ2v) is 6.76. The molecule has 1 saturated carbocycles. The van der Waals surface area contributed by atoms with Gasteiger partial charge in [-0.15, -0.1) is 0 Å². The molecule has 0 amide bonds. The zero-order valence-electron chi connectivity index (χ0n) is 13.0. The van der Waals surface area contributed by atoms with Crippen molar-refractivity contribution >= 4 is 0 Å². The van der Waals surface area contributed by atoms with E-state index in [1.54, 1.807) is 6.07 Å². The van der Waals surface area contributed by atoms with E-state index in [-0.39, 0.29) is 5.41 Å². The van der Waals surface area contributed by atoms with Gasteiger partial charge in [-0.2, -0.15) is 0 Å². The molecular weight excluding hydrogens is 262 g/mol. The number of benzene rings is 1. The molecule has 3 heteroatoms. The summed E-state index contributed by atoms with van der Waals surface area (Å²) in [4.78, 5) is 0. The molecule has 0 radical (unpaired) electrons. The molecule has 2 unspecified atom stereocenters. The third-order valence-corrected chi connectivity index (χ3v) is 4.92. The van der Waals surface area contributed by atoms with Crippen molar-refractivity contribution in [1.82, 2.24) is 5.32 Å². The van der Waals surface area contributed by atoms with E-state index in [1.165, 1.54) is 18.4 Å². The summed E-state index contributed by atoms with van der Waals surface area (Å²) in [6.45, 7) is 5.18. The molecule has 2 fully saturated rings. The molecule has 116 valence electrons. The minimum Gasteiger partial charge on any atom is -0.508 e. The van der Waals surface area contributed by atoms with Gasteiger partial charge in [0.15, 0.2) is 0 Å². The maximum absolute atomic E-state index is 9.73. The molecule has 1 aliphatic heterocycles. The Labute approximate surface area is 127 Å². The number of nitrogens with one attached hydrogen (secondary N) is 1. The average molecular weight is 289 g/mol. The largest absolute Gasteiger partial charge is 0.508 e. The van der Waals surface area contributed by atoms with Crippen LogP contribution in [0.2, 0.25) is 0 Å². The lowest BCUT2D eigenvalue weighted by Crippen LogP contribution is -2.43. The lowest BCUT2D eigenvalue weighted by Gasteiger charge is -2.35. The fourth-order valence-electron chi connectivity index (χ4n) is 3.77. The van der Waals surface area contributed by atoms with Gasteiger partial charge in [0.1, 0.15) is 5.75 Å². The van der Waals surface area contributed by atoms with Crippen molar-refractivity contribution in [3.05, 3.63) is 29.8 Å². The Morgan fingerprint density at radius 2 is 2.24 bits per heavy atom. The molecule has 21 heavy (non-hydrogen) atoms. The van der Waals surface area contributed by atoms with E-state index >= 15 is 0 Å². The summed E-state index contributed by atoms with van der Waals surface area (Å²) in [5, 5.41) is 13.3. The van der Waals surface area contributed by atoms with E-state index in [0.717, 1.165) is 44.9 Å². The number of rotatable bonds is 7. The Kier molecular flexibility index (Phi) is 4.51. The minimum absolute atomic E-state index is 0.199. The number of hydrogen-bond acceptors (Lipinski definition) is 3. The van der Waals surface area contributed by atoms with Gasteiger partial charge in [-0.1, -0.05) is 19.1 Å². The van der Waals surface area contributed by atoms with Crippen molar-refractivity contribution in [2.45, 2.75) is 45.1 Å². The van der Waals surface area contributed by atoms with Crippen molar-refractivity contribution in [2.24, 2.45) is 11.3 Å². The highest BCUT2D eigenvalue weighted by Crippen LogP contribution is 2.49.